The highest BCUT2D eigenvalue weighted by Crippen LogP contribution is 2.26. The molecule has 130 valence electrons. The van der Waals surface area contributed by atoms with Crippen molar-refractivity contribution < 1.29 is 0 Å². The summed E-state index contributed by atoms with van der Waals surface area (Å²) in [4.78, 5) is 0. The molecule has 0 saturated carbocycles. The molecular formula is C23H33N. The summed E-state index contributed by atoms with van der Waals surface area (Å²) < 4.78 is 0. The first-order valence-electron chi connectivity index (χ1n) is 9.11. The normalized spacial score (nSPS) is 12.5. The molecule has 0 amide bonds. The molecule has 0 aliphatic carbocycles. The number of nitrogens with two attached hydrogens (primary N) is 1. The molecule has 1 heteroatoms. The lowest BCUT2D eigenvalue weighted by molar-refractivity contribution is 0.723. The average Bonchev–Trinajstić information content (AvgIpc) is 2.45. The van der Waals surface area contributed by atoms with Gasteiger partial charge in [0, 0.05) is 6.04 Å². The summed E-state index contributed by atoms with van der Waals surface area (Å²) in [6, 6.07) is 7.15. The second-order valence-electron chi connectivity index (χ2n) is 7.65. The third-order valence-corrected chi connectivity index (χ3v) is 5.31. The summed E-state index contributed by atoms with van der Waals surface area (Å²) in [5, 5.41) is 0. The summed E-state index contributed by atoms with van der Waals surface area (Å²) in [5.74, 6) is 0. The fourth-order valence-electron chi connectivity index (χ4n) is 4.02. The largest absolute Gasteiger partial charge is 0.328 e. The van der Waals surface area contributed by atoms with Crippen molar-refractivity contribution in [2.24, 2.45) is 5.73 Å². The molecule has 1 unspecified atom stereocenters. The number of hydrogen-bond acceptors (Lipinski definition) is 1. The maximum atomic E-state index is 6.13. The molecule has 2 rings (SSSR count). The first-order chi connectivity index (χ1) is 11.2. The molecular weight excluding hydrogens is 290 g/mol. The van der Waals surface area contributed by atoms with Crippen LogP contribution in [0.25, 0.3) is 0 Å². The minimum Gasteiger partial charge on any atom is -0.328 e. The predicted octanol–water partition coefficient (Wildman–Crippen LogP) is 5.21. The van der Waals surface area contributed by atoms with Crippen molar-refractivity contribution in [1.29, 1.82) is 0 Å². The molecule has 0 radical (unpaired) electrons. The number of benzene rings is 2. The SMILES string of the molecule is Cc1cc(C)c(CCc2c(C)cc(C)c(C)c2CC(C)N)c(C)c1. The van der Waals surface area contributed by atoms with Crippen LogP contribution in [0.3, 0.4) is 0 Å². The van der Waals surface area contributed by atoms with Crippen molar-refractivity contribution in [3.8, 4) is 0 Å². The van der Waals surface area contributed by atoms with Crippen molar-refractivity contribution in [3.63, 3.8) is 0 Å². The number of hydrogen-bond donors (Lipinski definition) is 1. The lowest BCUT2D eigenvalue weighted by Crippen LogP contribution is -2.20. The minimum atomic E-state index is 0.200. The molecule has 1 nitrogen and oxygen atoms in total. The van der Waals surface area contributed by atoms with Crippen LogP contribution in [0, 0.1) is 41.5 Å². The average molecular weight is 324 g/mol. The van der Waals surface area contributed by atoms with Gasteiger partial charge in [-0.15, -0.1) is 0 Å². The van der Waals surface area contributed by atoms with E-state index in [4.69, 9.17) is 5.73 Å². The van der Waals surface area contributed by atoms with Gasteiger partial charge in [0.2, 0.25) is 0 Å². The molecule has 0 fully saturated rings. The Bertz CT molecular complexity index is 715. The summed E-state index contributed by atoms with van der Waals surface area (Å²) in [5.41, 5.74) is 19.0. The molecule has 2 aromatic rings. The lowest BCUT2D eigenvalue weighted by Gasteiger charge is -2.20. The Morgan fingerprint density at radius 2 is 1.21 bits per heavy atom. The van der Waals surface area contributed by atoms with Crippen molar-refractivity contribution in [1.82, 2.24) is 0 Å². The maximum absolute atomic E-state index is 6.13. The fourth-order valence-corrected chi connectivity index (χ4v) is 4.02. The molecule has 2 N–H and O–H groups in total. The van der Waals surface area contributed by atoms with E-state index in [0.717, 1.165) is 19.3 Å². The second kappa shape index (κ2) is 7.53. The smallest absolute Gasteiger partial charge is 0.00511 e. The Labute approximate surface area is 148 Å². The van der Waals surface area contributed by atoms with E-state index in [9.17, 15) is 0 Å². The molecule has 0 spiro atoms. The van der Waals surface area contributed by atoms with E-state index in [-0.39, 0.29) is 6.04 Å². The topological polar surface area (TPSA) is 26.0 Å². The van der Waals surface area contributed by atoms with Gasteiger partial charge in [-0.2, -0.15) is 0 Å². The summed E-state index contributed by atoms with van der Waals surface area (Å²) in [7, 11) is 0. The van der Waals surface area contributed by atoms with Gasteiger partial charge < -0.3 is 5.73 Å². The van der Waals surface area contributed by atoms with Gasteiger partial charge in [-0.3, -0.25) is 0 Å². The first-order valence-corrected chi connectivity index (χ1v) is 9.11. The summed E-state index contributed by atoms with van der Waals surface area (Å²) in [6.45, 7) is 15.5. The number of aryl methyl sites for hydroxylation is 5. The predicted molar refractivity (Wildman–Crippen MR) is 106 cm³/mol. The van der Waals surface area contributed by atoms with E-state index < -0.39 is 0 Å². The van der Waals surface area contributed by atoms with Gasteiger partial charge in [-0.25, -0.2) is 0 Å². The molecule has 1 atom stereocenters. The van der Waals surface area contributed by atoms with E-state index in [1.807, 2.05) is 0 Å². The van der Waals surface area contributed by atoms with E-state index >= 15 is 0 Å². The van der Waals surface area contributed by atoms with E-state index in [1.165, 1.54) is 50.1 Å². The van der Waals surface area contributed by atoms with Crippen LogP contribution in [0.1, 0.15) is 57.0 Å². The zero-order valence-electron chi connectivity index (χ0n) is 16.5. The molecule has 0 aromatic heterocycles. The van der Waals surface area contributed by atoms with Crippen LogP contribution in [0.4, 0.5) is 0 Å². The molecule has 0 aliphatic rings. The lowest BCUT2D eigenvalue weighted by atomic mass is 9.86. The Balaban J connectivity index is 2.38. The van der Waals surface area contributed by atoms with Crippen LogP contribution in [-0.4, -0.2) is 6.04 Å². The molecule has 0 heterocycles. The Morgan fingerprint density at radius 3 is 1.75 bits per heavy atom. The summed E-state index contributed by atoms with van der Waals surface area (Å²) >= 11 is 0. The van der Waals surface area contributed by atoms with Gasteiger partial charge in [-0.05, 0) is 112 Å². The van der Waals surface area contributed by atoms with E-state index in [1.54, 1.807) is 0 Å². The minimum absolute atomic E-state index is 0.200. The Hall–Kier alpha value is -1.60. The third kappa shape index (κ3) is 4.08. The van der Waals surface area contributed by atoms with Crippen molar-refractivity contribution in [3.05, 3.63) is 68.3 Å². The fraction of sp³-hybridized carbons (Fsp3) is 0.478. The third-order valence-electron chi connectivity index (χ3n) is 5.31. The molecule has 0 aliphatic heterocycles. The van der Waals surface area contributed by atoms with Crippen LogP contribution in [0.15, 0.2) is 18.2 Å². The van der Waals surface area contributed by atoms with E-state index in [2.05, 4.69) is 66.7 Å². The Morgan fingerprint density at radius 1 is 0.708 bits per heavy atom. The molecule has 0 bridgehead atoms. The van der Waals surface area contributed by atoms with Crippen molar-refractivity contribution in [2.75, 3.05) is 0 Å². The van der Waals surface area contributed by atoms with Gasteiger partial charge in [0.25, 0.3) is 0 Å². The standard InChI is InChI=1S/C23H33N/c1-14-10-16(3)21(17(4)11-14)8-9-22-18(5)12-15(2)20(7)23(22)13-19(6)24/h10-12,19H,8-9,13,24H2,1-7H3. The van der Waals surface area contributed by atoms with Gasteiger partial charge in [-0.1, -0.05) is 23.8 Å². The van der Waals surface area contributed by atoms with Crippen LogP contribution >= 0.6 is 0 Å². The second-order valence-corrected chi connectivity index (χ2v) is 7.65. The van der Waals surface area contributed by atoms with E-state index in [0.29, 0.717) is 0 Å². The van der Waals surface area contributed by atoms with Crippen LogP contribution in [0.2, 0.25) is 0 Å². The molecule has 2 aromatic carbocycles. The number of rotatable bonds is 5. The Kier molecular flexibility index (Phi) is 5.87. The van der Waals surface area contributed by atoms with Crippen LogP contribution in [0.5, 0.6) is 0 Å². The zero-order chi connectivity index (χ0) is 18.0. The van der Waals surface area contributed by atoms with Gasteiger partial charge >= 0.3 is 0 Å². The quantitative estimate of drug-likeness (QED) is 0.803. The highest BCUT2D eigenvalue weighted by atomic mass is 14.6. The summed E-state index contributed by atoms with van der Waals surface area (Å²) in [6.07, 6.45) is 3.17. The monoisotopic (exact) mass is 323 g/mol. The zero-order valence-corrected chi connectivity index (χ0v) is 16.5. The first kappa shape index (κ1) is 18.7. The van der Waals surface area contributed by atoms with Gasteiger partial charge in [0.15, 0.2) is 0 Å². The van der Waals surface area contributed by atoms with Gasteiger partial charge in [0.05, 0.1) is 0 Å². The highest BCUT2D eigenvalue weighted by molar-refractivity contribution is 5.46. The molecule has 24 heavy (non-hydrogen) atoms. The van der Waals surface area contributed by atoms with Crippen molar-refractivity contribution >= 4 is 0 Å². The highest BCUT2D eigenvalue weighted by Gasteiger charge is 2.14. The maximum Gasteiger partial charge on any atom is 0.00511 e. The molecule has 0 saturated heterocycles. The van der Waals surface area contributed by atoms with Crippen LogP contribution in [-0.2, 0) is 19.3 Å². The van der Waals surface area contributed by atoms with Crippen LogP contribution < -0.4 is 5.73 Å². The van der Waals surface area contributed by atoms with Gasteiger partial charge in [0.1, 0.15) is 0 Å². The van der Waals surface area contributed by atoms with Crippen molar-refractivity contribution in [2.45, 2.75) is 73.8 Å².